The van der Waals surface area contributed by atoms with Gasteiger partial charge in [-0.05, 0) is 54.4 Å². The summed E-state index contributed by atoms with van der Waals surface area (Å²) in [6.07, 6.45) is 7.89. The molecule has 2 N–H and O–H groups in total. The van der Waals surface area contributed by atoms with Gasteiger partial charge in [0.15, 0.2) is 5.13 Å². The minimum Gasteiger partial charge on any atom is -0.402 e. The number of pyridine rings is 1. The van der Waals surface area contributed by atoms with Crippen LogP contribution in [0.5, 0.6) is 0 Å². The Morgan fingerprint density at radius 2 is 1.97 bits per heavy atom. The zero-order valence-corrected chi connectivity index (χ0v) is 20.4. The summed E-state index contributed by atoms with van der Waals surface area (Å²) in [4.78, 5) is 45.0. The van der Waals surface area contributed by atoms with Gasteiger partial charge in [-0.2, -0.15) is 0 Å². The smallest absolute Gasteiger partial charge is 0.253 e. The lowest BCUT2D eigenvalue weighted by molar-refractivity contribution is -0.115. The van der Waals surface area contributed by atoms with E-state index in [1.165, 1.54) is 11.3 Å². The van der Waals surface area contributed by atoms with Crippen LogP contribution >= 0.6 is 11.3 Å². The number of carbonyl (C=O) groups is 3. The number of anilines is 1. The number of aromatic nitrogens is 3. The van der Waals surface area contributed by atoms with Gasteiger partial charge in [0.1, 0.15) is 6.29 Å². The summed E-state index contributed by atoms with van der Waals surface area (Å²) in [7, 11) is 1.82. The van der Waals surface area contributed by atoms with Gasteiger partial charge in [0, 0.05) is 23.3 Å². The third-order valence-electron chi connectivity index (χ3n) is 6.21. The Kier molecular flexibility index (Phi) is 6.52. The molecule has 3 aromatic heterocycles. The van der Waals surface area contributed by atoms with Gasteiger partial charge in [-0.3, -0.25) is 14.6 Å². The number of hydrogen-bond acceptors (Lipinski definition) is 6. The average molecular weight is 496 g/mol. The van der Waals surface area contributed by atoms with E-state index in [-0.39, 0.29) is 18.4 Å². The molecule has 0 bridgehead atoms. The molecule has 10 heteroatoms. The maximum atomic E-state index is 12.3. The number of nitrogens with zero attached hydrogens (tertiary/aromatic N) is 3. The lowest BCUT2D eigenvalue weighted by atomic mass is 9.98. The molecule has 0 aliphatic heterocycles. The molecule has 2 amide bonds. The molecule has 1 aromatic carbocycles. The van der Waals surface area contributed by atoms with Gasteiger partial charge in [0.2, 0.25) is 13.3 Å². The molecule has 3 heterocycles. The van der Waals surface area contributed by atoms with Crippen molar-refractivity contribution in [1.29, 1.82) is 0 Å². The van der Waals surface area contributed by atoms with Crippen LogP contribution in [0.25, 0.3) is 22.4 Å². The van der Waals surface area contributed by atoms with Crippen molar-refractivity contribution in [1.82, 2.24) is 19.8 Å². The minimum absolute atomic E-state index is 0.156. The SMILES string of the molecule is C[B]n1ccc(C(=O)NCC(=O)Nc2nc(-c3cccc(-c4ccnc(C5(C=O)CC5)c4)c3)cs2)c1. The van der Waals surface area contributed by atoms with Crippen molar-refractivity contribution >= 4 is 42.0 Å². The van der Waals surface area contributed by atoms with Gasteiger partial charge in [-0.25, -0.2) is 4.98 Å². The Morgan fingerprint density at radius 1 is 1.17 bits per heavy atom. The zero-order chi connectivity index (χ0) is 25.1. The summed E-state index contributed by atoms with van der Waals surface area (Å²) >= 11 is 1.32. The predicted octanol–water partition coefficient (Wildman–Crippen LogP) is 3.79. The molecular formula is C26H23BN5O3S. The van der Waals surface area contributed by atoms with Crippen LogP contribution in [0, 0.1) is 0 Å². The highest BCUT2D eigenvalue weighted by molar-refractivity contribution is 7.14. The van der Waals surface area contributed by atoms with Crippen molar-refractivity contribution in [2.45, 2.75) is 25.1 Å². The van der Waals surface area contributed by atoms with Crippen LogP contribution in [-0.4, -0.2) is 46.5 Å². The molecule has 1 fully saturated rings. The fourth-order valence-electron chi connectivity index (χ4n) is 3.91. The van der Waals surface area contributed by atoms with Gasteiger partial charge in [-0.1, -0.05) is 25.0 Å². The van der Waals surface area contributed by atoms with E-state index in [4.69, 9.17) is 0 Å². The number of hydrogen-bond donors (Lipinski definition) is 2. The minimum atomic E-state index is -0.422. The first-order valence-corrected chi connectivity index (χ1v) is 12.4. The molecule has 0 saturated heterocycles. The van der Waals surface area contributed by atoms with E-state index in [0.717, 1.165) is 47.2 Å². The summed E-state index contributed by atoms with van der Waals surface area (Å²) in [5.74, 6) is -0.671. The summed E-state index contributed by atoms with van der Waals surface area (Å²) in [5, 5.41) is 7.68. The third-order valence-corrected chi connectivity index (χ3v) is 6.97. The highest BCUT2D eigenvalue weighted by atomic mass is 32.1. The lowest BCUT2D eigenvalue weighted by Crippen LogP contribution is -2.32. The summed E-state index contributed by atoms with van der Waals surface area (Å²) in [6.45, 7) is 1.71. The molecule has 1 saturated carbocycles. The van der Waals surface area contributed by atoms with Crippen molar-refractivity contribution in [3.8, 4) is 22.4 Å². The first-order chi connectivity index (χ1) is 17.5. The standard InChI is InChI=1S/C26H23BN5O3S/c1-27-32-10-6-20(14-32)24(35)29-13-23(34)31-25-30-21(15-36-25)19-4-2-3-17(11-19)18-5-9-28-22(12-18)26(16-33)7-8-26/h2-6,9-12,14-16H,7-8,13H2,1H3,(H,29,35)(H,30,31,34). The maximum absolute atomic E-state index is 12.3. The second kappa shape index (κ2) is 9.90. The van der Waals surface area contributed by atoms with E-state index < -0.39 is 5.41 Å². The van der Waals surface area contributed by atoms with Crippen LogP contribution in [-0.2, 0) is 15.0 Å². The molecule has 5 rings (SSSR count). The Hall–Kier alpha value is -4.05. The van der Waals surface area contributed by atoms with Crippen LogP contribution in [0.3, 0.4) is 0 Å². The van der Waals surface area contributed by atoms with Crippen LogP contribution in [0.1, 0.15) is 28.9 Å². The van der Waals surface area contributed by atoms with Crippen molar-refractivity contribution in [3.63, 3.8) is 0 Å². The number of amides is 2. The van der Waals surface area contributed by atoms with Gasteiger partial charge >= 0.3 is 0 Å². The highest BCUT2D eigenvalue weighted by Gasteiger charge is 2.45. The van der Waals surface area contributed by atoms with E-state index in [1.807, 2.05) is 56.0 Å². The molecular weight excluding hydrogens is 473 g/mol. The highest BCUT2D eigenvalue weighted by Crippen LogP contribution is 2.46. The first kappa shape index (κ1) is 23.7. The fraction of sp³-hybridized carbons (Fsp3) is 0.192. The molecule has 1 aliphatic rings. The maximum Gasteiger partial charge on any atom is 0.253 e. The Balaban J connectivity index is 1.23. The Morgan fingerprint density at radius 3 is 2.72 bits per heavy atom. The Labute approximate surface area is 213 Å². The van der Waals surface area contributed by atoms with E-state index >= 15 is 0 Å². The first-order valence-electron chi connectivity index (χ1n) is 11.5. The third kappa shape index (κ3) is 4.99. The zero-order valence-electron chi connectivity index (χ0n) is 19.6. The number of carbonyl (C=O) groups excluding carboxylic acids is 3. The number of benzene rings is 1. The van der Waals surface area contributed by atoms with Crippen molar-refractivity contribution in [2.24, 2.45) is 0 Å². The van der Waals surface area contributed by atoms with Crippen LogP contribution < -0.4 is 10.6 Å². The van der Waals surface area contributed by atoms with E-state index in [9.17, 15) is 14.4 Å². The summed E-state index contributed by atoms with van der Waals surface area (Å²) in [5.41, 5.74) is 4.50. The number of aldehydes is 1. The molecule has 0 spiro atoms. The van der Waals surface area contributed by atoms with Gasteiger partial charge in [-0.15, -0.1) is 11.3 Å². The molecule has 179 valence electrons. The summed E-state index contributed by atoms with van der Waals surface area (Å²) in [6, 6.07) is 13.5. The molecule has 0 unspecified atom stereocenters. The van der Waals surface area contributed by atoms with E-state index in [2.05, 4.69) is 20.6 Å². The molecule has 8 nitrogen and oxygen atoms in total. The topological polar surface area (TPSA) is 106 Å². The fourth-order valence-corrected chi connectivity index (χ4v) is 4.64. The monoisotopic (exact) mass is 496 g/mol. The van der Waals surface area contributed by atoms with Gasteiger partial charge in [0.25, 0.3) is 5.91 Å². The van der Waals surface area contributed by atoms with Crippen molar-refractivity contribution in [3.05, 3.63) is 77.7 Å². The second-order valence-corrected chi connectivity index (χ2v) is 9.52. The average Bonchev–Trinajstić information content (AvgIpc) is 3.32. The van der Waals surface area contributed by atoms with Crippen molar-refractivity contribution in [2.75, 3.05) is 11.9 Å². The molecule has 4 aromatic rings. The Bertz CT molecular complexity index is 1440. The number of nitrogens with one attached hydrogen (secondary N) is 2. The normalized spacial score (nSPS) is 13.6. The van der Waals surface area contributed by atoms with Crippen LogP contribution in [0.4, 0.5) is 5.13 Å². The van der Waals surface area contributed by atoms with E-state index in [1.54, 1.807) is 29.1 Å². The van der Waals surface area contributed by atoms with Crippen molar-refractivity contribution < 1.29 is 14.4 Å². The number of thiazole rings is 1. The lowest BCUT2D eigenvalue weighted by Gasteiger charge is -2.09. The van der Waals surface area contributed by atoms with Crippen LogP contribution in [0.15, 0.2) is 66.4 Å². The molecule has 36 heavy (non-hydrogen) atoms. The predicted molar refractivity (Wildman–Crippen MR) is 140 cm³/mol. The largest absolute Gasteiger partial charge is 0.402 e. The summed E-state index contributed by atoms with van der Waals surface area (Å²) < 4.78 is 1.77. The van der Waals surface area contributed by atoms with E-state index in [0.29, 0.717) is 10.7 Å². The number of rotatable bonds is 9. The molecule has 0 atom stereocenters. The molecule has 1 aliphatic carbocycles. The second-order valence-electron chi connectivity index (χ2n) is 8.66. The quantitative estimate of drug-likeness (QED) is 0.271. The van der Waals surface area contributed by atoms with Crippen LogP contribution in [0.2, 0.25) is 6.82 Å². The van der Waals surface area contributed by atoms with Gasteiger partial charge in [0.05, 0.1) is 28.9 Å². The van der Waals surface area contributed by atoms with Gasteiger partial charge < -0.3 is 19.9 Å². The molecule has 1 radical (unpaired) electrons.